The van der Waals surface area contributed by atoms with Crippen molar-refractivity contribution in [3.63, 3.8) is 0 Å². The van der Waals surface area contributed by atoms with Gasteiger partial charge in [-0.3, -0.25) is 4.98 Å². The van der Waals surface area contributed by atoms with Crippen molar-refractivity contribution < 1.29 is 4.39 Å². The van der Waals surface area contributed by atoms with Crippen molar-refractivity contribution >= 4 is 11.6 Å². The van der Waals surface area contributed by atoms with E-state index in [2.05, 4.69) is 10.3 Å². The van der Waals surface area contributed by atoms with Gasteiger partial charge in [-0.15, -0.1) is 0 Å². The summed E-state index contributed by atoms with van der Waals surface area (Å²) in [5, 5.41) is 3.74. The van der Waals surface area contributed by atoms with Gasteiger partial charge < -0.3 is 5.32 Å². The fraction of sp³-hybridized carbons (Fsp3) is 0.214. The van der Waals surface area contributed by atoms with Gasteiger partial charge in [-0.25, -0.2) is 4.39 Å². The first-order valence-corrected chi connectivity index (χ1v) is 6.09. The molecule has 0 fully saturated rings. The van der Waals surface area contributed by atoms with Crippen LogP contribution < -0.4 is 5.32 Å². The fourth-order valence-corrected chi connectivity index (χ4v) is 1.93. The Labute approximate surface area is 111 Å². The van der Waals surface area contributed by atoms with Gasteiger partial charge in [-0.05, 0) is 41.8 Å². The van der Waals surface area contributed by atoms with Gasteiger partial charge in [0.1, 0.15) is 5.82 Å². The topological polar surface area (TPSA) is 24.9 Å². The highest BCUT2D eigenvalue weighted by atomic mass is 35.5. The van der Waals surface area contributed by atoms with E-state index in [1.165, 1.54) is 17.7 Å². The second kappa shape index (κ2) is 5.94. The molecule has 0 spiro atoms. The molecular formula is C14H14ClFN2. The van der Waals surface area contributed by atoms with Gasteiger partial charge in [0.05, 0.1) is 0 Å². The number of nitrogens with zero attached hydrogens (tertiary/aromatic N) is 1. The molecule has 0 amide bonds. The van der Waals surface area contributed by atoms with E-state index in [9.17, 15) is 4.39 Å². The molecule has 0 unspecified atom stereocenters. The second-order valence-electron chi connectivity index (χ2n) is 4.14. The molecule has 94 valence electrons. The molecule has 0 bridgehead atoms. The lowest BCUT2D eigenvalue weighted by atomic mass is 10.1. The molecule has 0 saturated carbocycles. The lowest BCUT2D eigenvalue weighted by Crippen LogP contribution is -2.14. The Morgan fingerprint density at radius 1 is 1.22 bits per heavy atom. The summed E-state index contributed by atoms with van der Waals surface area (Å²) in [6.45, 7) is 3.37. The van der Waals surface area contributed by atoms with E-state index in [0.29, 0.717) is 11.6 Å². The van der Waals surface area contributed by atoms with Gasteiger partial charge in [0.25, 0.3) is 0 Å². The van der Waals surface area contributed by atoms with E-state index >= 15 is 0 Å². The van der Waals surface area contributed by atoms with E-state index in [0.717, 1.165) is 17.7 Å². The number of hydrogen-bond donors (Lipinski definition) is 1. The maximum atomic E-state index is 12.9. The van der Waals surface area contributed by atoms with Gasteiger partial charge >= 0.3 is 0 Å². The first-order valence-electron chi connectivity index (χ1n) is 5.71. The molecule has 2 aromatic rings. The lowest BCUT2D eigenvalue weighted by molar-refractivity contribution is 0.625. The summed E-state index contributed by atoms with van der Waals surface area (Å²) < 4.78 is 12.9. The Morgan fingerprint density at radius 2 is 2.00 bits per heavy atom. The second-order valence-corrected chi connectivity index (χ2v) is 4.55. The Bertz CT molecular complexity index is 543. The summed E-state index contributed by atoms with van der Waals surface area (Å²) in [6, 6.07) is 6.43. The predicted molar refractivity (Wildman–Crippen MR) is 70.9 cm³/mol. The number of benzene rings is 1. The minimum absolute atomic E-state index is 0.311. The molecule has 2 nitrogen and oxygen atoms in total. The van der Waals surface area contributed by atoms with E-state index in [1.54, 1.807) is 12.3 Å². The van der Waals surface area contributed by atoms with Crippen molar-refractivity contribution in [1.82, 2.24) is 10.3 Å². The Kier molecular flexibility index (Phi) is 4.28. The molecule has 0 saturated heterocycles. The third-order valence-electron chi connectivity index (χ3n) is 2.78. The lowest BCUT2D eigenvalue weighted by Gasteiger charge is -2.08. The summed E-state index contributed by atoms with van der Waals surface area (Å²) in [4.78, 5) is 4.04. The third kappa shape index (κ3) is 3.28. The van der Waals surface area contributed by atoms with Crippen LogP contribution in [0.3, 0.4) is 0 Å². The number of pyridine rings is 1. The summed E-state index contributed by atoms with van der Waals surface area (Å²) in [6.07, 6.45) is 3.61. The highest BCUT2D eigenvalue weighted by molar-refractivity contribution is 6.31. The van der Waals surface area contributed by atoms with Crippen LogP contribution in [0.5, 0.6) is 0 Å². The maximum Gasteiger partial charge on any atom is 0.124 e. The summed E-state index contributed by atoms with van der Waals surface area (Å²) in [5.41, 5.74) is 3.24. The fourth-order valence-electron chi connectivity index (χ4n) is 1.70. The number of halogens is 2. The molecule has 0 radical (unpaired) electrons. The van der Waals surface area contributed by atoms with Gasteiger partial charge in [0.2, 0.25) is 0 Å². The number of hydrogen-bond acceptors (Lipinski definition) is 2. The Balaban J connectivity index is 1.95. The molecule has 18 heavy (non-hydrogen) atoms. The zero-order valence-corrected chi connectivity index (χ0v) is 10.8. The number of aromatic nitrogens is 1. The van der Waals surface area contributed by atoms with Crippen molar-refractivity contribution in [2.75, 3.05) is 0 Å². The smallest absolute Gasteiger partial charge is 0.124 e. The van der Waals surface area contributed by atoms with E-state index < -0.39 is 0 Å². The number of aryl methyl sites for hydroxylation is 1. The van der Waals surface area contributed by atoms with Crippen molar-refractivity contribution in [2.24, 2.45) is 0 Å². The van der Waals surface area contributed by atoms with Gasteiger partial charge in [-0.1, -0.05) is 17.7 Å². The van der Waals surface area contributed by atoms with Crippen LogP contribution in [-0.2, 0) is 13.1 Å². The van der Waals surface area contributed by atoms with E-state index in [4.69, 9.17) is 11.6 Å². The number of rotatable bonds is 4. The summed E-state index contributed by atoms with van der Waals surface area (Å²) >= 11 is 5.95. The monoisotopic (exact) mass is 264 g/mol. The minimum atomic E-state index is -0.311. The van der Waals surface area contributed by atoms with Crippen molar-refractivity contribution in [3.8, 4) is 0 Å². The molecule has 0 atom stereocenters. The number of nitrogens with one attached hydrogen (secondary N) is 1. The Hall–Kier alpha value is -1.45. The van der Waals surface area contributed by atoms with Crippen LogP contribution in [-0.4, -0.2) is 4.98 Å². The first kappa shape index (κ1) is 13.0. The standard InChI is InChI=1S/C14H14ClFN2/c1-10-7-17-5-4-11(10)8-18-9-12-2-3-13(16)6-14(12)15/h2-7,18H,8-9H2,1H3. The van der Waals surface area contributed by atoms with Crippen molar-refractivity contribution in [3.05, 3.63) is 64.2 Å². The van der Waals surface area contributed by atoms with Crippen molar-refractivity contribution in [1.29, 1.82) is 0 Å². The minimum Gasteiger partial charge on any atom is -0.309 e. The molecule has 4 heteroatoms. The first-order chi connectivity index (χ1) is 8.66. The predicted octanol–water partition coefficient (Wildman–Crippen LogP) is 3.47. The van der Waals surface area contributed by atoms with Crippen LogP contribution in [0.4, 0.5) is 4.39 Å². The highest BCUT2D eigenvalue weighted by Gasteiger charge is 2.02. The zero-order chi connectivity index (χ0) is 13.0. The van der Waals surface area contributed by atoms with Crippen LogP contribution in [0.25, 0.3) is 0 Å². The van der Waals surface area contributed by atoms with Gasteiger partial charge in [0.15, 0.2) is 0 Å². The molecule has 0 aliphatic heterocycles. The average molecular weight is 265 g/mol. The molecule has 1 heterocycles. The van der Waals surface area contributed by atoms with Crippen LogP contribution in [0.1, 0.15) is 16.7 Å². The van der Waals surface area contributed by atoms with E-state index in [-0.39, 0.29) is 5.82 Å². The SMILES string of the molecule is Cc1cnccc1CNCc1ccc(F)cc1Cl. The van der Waals surface area contributed by atoms with Crippen LogP contribution >= 0.6 is 11.6 Å². The third-order valence-corrected chi connectivity index (χ3v) is 3.13. The maximum absolute atomic E-state index is 12.9. The Morgan fingerprint density at radius 3 is 2.72 bits per heavy atom. The molecule has 0 aliphatic rings. The molecule has 1 N–H and O–H groups in total. The largest absolute Gasteiger partial charge is 0.309 e. The molecule has 1 aromatic heterocycles. The molecule has 0 aliphatic carbocycles. The van der Waals surface area contributed by atoms with Crippen LogP contribution in [0.2, 0.25) is 5.02 Å². The highest BCUT2D eigenvalue weighted by Crippen LogP contribution is 2.17. The van der Waals surface area contributed by atoms with Crippen LogP contribution in [0.15, 0.2) is 36.7 Å². The van der Waals surface area contributed by atoms with Crippen molar-refractivity contribution in [2.45, 2.75) is 20.0 Å². The molecular weight excluding hydrogens is 251 g/mol. The quantitative estimate of drug-likeness (QED) is 0.915. The summed E-state index contributed by atoms with van der Waals surface area (Å²) in [7, 11) is 0. The van der Waals surface area contributed by atoms with Gasteiger partial charge in [0, 0.05) is 30.5 Å². The molecule has 2 rings (SSSR count). The average Bonchev–Trinajstić information content (AvgIpc) is 2.34. The van der Waals surface area contributed by atoms with E-state index in [1.807, 2.05) is 19.2 Å². The summed E-state index contributed by atoms with van der Waals surface area (Å²) in [5.74, 6) is -0.311. The normalized spacial score (nSPS) is 10.6. The zero-order valence-electron chi connectivity index (χ0n) is 10.1. The van der Waals surface area contributed by atoms with Gasteiger partial charge in [-0.2, -0.15) is 0 Å². The van der Waals surface area contributed by atoms with Crippen LogP contribution in [0, 0.1) is 12.7 Å². The molecule has 1 aromatic carbocycles.